The van der Waals surface area contributed by atoms with E-state index in [1.165, 1.54) is 12.1 Å². The molecule has 0 aliphatic carbocycles. The van der Waals surface area contributed by atoms with Gasteiger partial charge in [0.1, 0.15) is 5.82 Å². The molecular formula is C13H19BrFN3. The molecule has 100 valence electrons. The smallest absolute Gasteiger partial charge is 0.124 e. The molecule has 0 saturated heterocycles. The van der Waals surface area contributed by atoms with Gasteiger partial charge in [-0.15, -0.1) is 0 Å². The molecule has 1 rings (SSSR count). The molecule has 0 aromatic heterocycles. The molecule has 0 saturated carbocycles. The van der Waals surface area contributed by atoms with Crippen molar-refractivity contribution in [2.24, 2.45) is 11.7 Å². The monoisotopic (exact) mass is 315 g/mol. The predicted octanol–water partition coefficient (Wildman–Crippen LogP) is 2.98. The molecule has 3 nitrogen and oxygen atoms in total. The lowest BCUT2D eigenvalue weighted by molar-refractivity contribution is 0.262. The second-order valence-electron chi connectivity index (χ2n) is 4.46. The first-order valence-corrected chi connectivity index (χ1v) is 6.73. The summed E-state index contributed by atoms with van der Waals surface area (Å²) < 4.78 is 14.0. The Morgan fingerprint density at radius 1 is 1.50 bits per heavy atom. The van der Waals surface area contributed by atoms with Gasteiger partial charge in [0.05, 0.1) is 5.84 Å². The Morgan fingerprint density at radius 2 is 2.17 bits per heavy atom. The predicted molar refractivity (Wildman–Crippen MR) is 76.1 cm³/mol. The standard InChI is InChI=1S/C13H19BrFN3/c1-3-18(7-9(2)13(16)17)8-10-4-11(14)6-12(15)5-10/h4-6,9H,3,7-8H2,1-2H3,(H3,16,17). The van der Waals surface area contributed by atoms with E-state index in [2.05, 4.69) is 20.8 Å². The number of hydrogen-bond acceptors (Lipinski definition) is 2. The third-order valence-corrected chi connectivity index (χ3v) is 3.30. The van der Waals surface area contributed by atoms with Gasteiger partial charge in [0.25, 0.3) is 0 Å². The van der Waals surface area contributed by atoms with Crippen molar-refractivity contribution in [3.05, 3.63) is 34.1 Å². The summed E-state index contributed by atoms with van der Waals surface area (Å²) in [6.07, 6.45) is 0. The number of halogens is 2. The lowest BCUT2D eigenvalue weighted by Gasteiger charge is -2.23. The molecule has 18 heavy (non-hydrogen) atoms. The molecule has 0 heterocycles. The van der Waals surface area contributed by atoms with Crippen molar-refractivity contribution in [1.29, 1.82) is 5.41 Å². The maximum atomic E-state index is 13.3. The maximum Gasteiger partial charge on any atom is 0.124 e. The van der Waals surface area contributed by atoms with Crippen LogP contribution in [0, 0.1) is 17.1 Å². The lowest BCUT2D eigenvalue weighted by Crippen LogP contribution is -2.34. The van der Waals surface area contributed by atoms with Crippen molar-refractivity contribution in [3.63, 3.8) is 0 Å². The van der Waals surface area contributed by atoms with E-state index in [4.69, 9.17) is 11.1 Å². The average molecular weight is 316 g/mol. The summed E-state index contributed by atoms with van der Waals surface area (Å²) in [4.78, 5) is 2.15. The zero-order valence-corrected chi connectivity index (χ0v) is 12.3. The summed E-state index contributed by atoms with van der Waals surface area (Å²) in [5, 5.41) is 7.40. The molecule has 0 spiro atoms. The van der Waals surface area contributed by atoms with Crippen molar-refractivity contribution in [2.45, 2.75) is 20.4 Å². The van der Waals surface area contributed by atoms with Gasteiger partial charge in [0.15, 0.2) is 0 Å². The Kier molecular flexibility index (Phi) is 5.75. The highest BCUT2D eigenvalue weighted by Crippen LogP contribution is 2.16. The molecule has 0 bridgehead atoms. The van der Waals surface area contributed by atoms with Gasteiger partial charge < -0.3 is 5.73 Å². The molecule has 1 atom stereocenters. The number of rotatable bonds is 6. The van der Waals surface area contributed by atoms with Crippen LogP contribution < -0.4 is 5.73 Å². The van der Waals surface area contributed by atoms with Crippen LogP contribution in [0.5, 0.6) is 0 Å². The first kappa shape index (κ1) is 15.1. The average Bonchev–Trinajstić information content (AvgIpc) is 2.26. The molecule has 1 aromatic rings. The van der Waals surface area contributed by atoms with E-state index in [9.17, 15) is 4.39 Å². The van der Waals surface area contributed by atoms with Crippen LogP contribution in [0.2, 0.25) is 0 Å². The largest absolute Gasteiger partial charge is 0.387 e. The van der Waals surface area contributed by atoms with Gasteiger partial charge in [0.2, 0.25) is 0 Å². The van der Waals surface area contributed by atoms with Gasteiger partial charge in [0, 0.05) is 23.5 Å². The maximum absolute atomic E-state index is 13.3. The summed E-state index contributed by atoms with van der Waals surface area (Å²) in [5.74, 6) is -0.0362. The Balaban J connectivity index is 2.70. The van der Waals surface area contributed by atoms with Crippen molar-refractivity contribution in [2.75, 3.05) is 13.1 Å². The van der Waals surface area contributed by atoms with E-state index in [1.807, 2.05) is 19.9 Å². The van der Waals surface area contributed by atoms with Crippen LogP contribution in [-0.2, 0) is 6.54 Å². The van der Waals surface area contributed by atoms with Gasteiger partial charge >= 0.3 is 0 Å². The molecule has 1 aromatic carbocycles. The third kappa shape index (κ3) is 4.74. The minimum Gasteiger partial charge on any atom is -0.387 e. The molecule has 0 amide bonds. The lowest BCUT2D eigenvalue weighted by atomic mass is 10.1. The molecule has 3 N–H and O–H groups in total. The number of amidine groups is 1. The number of nitrogens with two attached hydrogens (primary N) is 1. The fraction of sp³-hybridized carbons (Fsp3) is 0.462. The van der Waals surface area contributed by atoms with Crippen LogP contribution in [0.15, 0.2) is 22.7 Å². The first-order valence-electron chi connectivity index (χ1n) is 5.93. The van der Waals surface area contributed by atoms with E-state index in [0.717, 1.165) is 16.6 Å². The molecule has 0 fully saturated rings. The van der Waals surface area contributed by atoms with Crippen LogP contribution in [0.4, 0.5) is 4.39 Å². The van der Waals surface area contributed by atoms with Crippen LogP contribution in [0.25, 0.3) is 0 Å². The van der Waals surface area contributed by atoms with Gasteiger partial charge in [-0.3, -0.25) is 10.3 Å². The van der Waals surface area contributed by atoms with Crippen LogP contribution in [0.1, 0.15) is 19.4 Å². The Bertz CT molecular complexity index is 402. The van der Waals surface area contributed by atoms with E-state index in [0.29, 0.717) is 13.1 Å². The first-order chi connectivity index (χ1) is 8.42. The molecule has 5 heteroatoms. The summed E-state index contributed by atoms with van der Waals surface area (Å²) in [6.45, 7) is 6.17. The fourth-order valence-corrected chi connectivity index (χ4v) is 2.26. The molecule has 0 aliphatic heterocycles. The third-order valence-electron chi connectivity index (χ3n) is 2.84. The normalized spacial score (nSPS) is 12.7. The fourth-order valence-electron chi connectivity index (χ4n) is 1.75. The summed E-state index contributed by atoms with van der Waals surface area (Å²) in [6, 6.07) is 4.88. The van der Waals surface area contributed by atoms with E-state index in [1.54, 1.807) is 0 Å². The van der Waals surface area contributed by atoms with Gasteiger partial charge in [-0.1, -0.05) is 29.8 Å². The van der Waals surface area contributed by atoms with Crippen molar-refractivity contribution < 1.29 is 4.39 Å². The number of benzene rings is 1. The highest BCUT2D eigenvalue weighted by atomic mass is 79.9. The highest BCUT2D eigenvalue weighted by Gasteiger charge is 2.12. The van der Waals surface area contributed by atoms with Gasteiger partial charge in [-0.25, -0.2) is 4.39 Å². The summed E-state index contributed by atoms with van der Waals surface area (Å²) in [5.41, 5.74) is 6.39. The number of nitrogens with zero attached hydrogens (tertiary/aromatic N) is 1. The minimum absolute atomic E-state index is 0.0157. The second kappa shape index (κ2) is 6.85. The molecular weight excluding hydrogens is 297 g/mol. The van der Waals surface area contributed by atoms with Gasteiger partial charge in [-0.05, 0) is 30.3 Å². The summed E-state index contributed by atoms with van der Waals surface area (Å²) in [7, 11) is 0. The minimum atomic E-state index is -0.241. The van der Waals surface area contributed by atoms with E-state index < -0.39 is 0 Å². The number of hydrogen-bond donors (Lipinski definition) is 2. The zero-order chi connectivity index (χ0) is 13.7. The SMILES string of the molecule is CCN(Cc1cc(F)cc(Br)c1)CC(C)C(=N)N. The van der Waals surface area contributed by atoms with E-state index >= 15 is 0 Å². The van der Waals surface area contributed by atoms with Crippen LogP contribution >= 0.6 is 15.9 Å². The molecule has 0 aliphatic rings. The zero-order valence-electron chi connectivity index (χ0n) is 10.7. The Hall–Kier alpha value is -0.940. The van der Waals surface area contributed by atoms with E-state index in [-0.39, 0.29) is 17.6 Å². The quantitative estimate of drug-likeness (QED) is 0.626. The van der Waals surface area contributed by atoms with Gasteiger partial charge in [-0.2, -0.15) is 0 Å². The molecule has 1 unspecified atom stereocenters. The van der Waals surface area contributed by atoms with Crippen molar-refractivity contribution in [3.8, 4) is 0 Å². The summed E-state index contributed by atoms with van der Waals surface area (Å²) >= 11 is 3.29. The Morgan fingerprint density at radius 3 is 2.67 bits per heavy atom. The van der Waals surface area contributed by atoms with Crippen LogP contribution in [0.3, 0.4) is 0 Å². The molecule has 0 radical (unpaired) electrons. The number of nitrogens with one attached hydrogen (secondary N) is 1. The topological polar surface area (TPSA) is 53.1 Å². The van der Waals surface area contributed by atoms with Crippen LogP contribution in [-0.4, -0.2) is 23.8 Å². The van der Waals surface area contributed by atoms with Crippen molar-refractivity contribution in [1.82, 2.24) is 4.90 Å². The second-order valence-corrected chi connectivity index (χ2v) is 5.38. The highest BCUT2D eigenvalue weighted by molar-refractivity contribution is 9.10. The Labute approximate surface area is 116 Å². The van der Waals surface area contributed by atoms with Crippen molar-refractivity contribution >= 4 is 21.8 Å².